The van der Waals surface area contributed by atoms with Gasteiger partial charge in [0.25, 0.3) is 5.91 Å². The molecule has 0 spiro atoms. The molecule has 0 saturated carbocycles. The van der Waals surface area contributed by atoms with E-state index < -0.39 is 0 Å². The van der Waals surface area contributed by atoms with Gasteiger partial charge in [-0.05, 0) is 37.3 Å². The van der Waals surface area contributed by atoms with Crippen LogP contribution < -0.4 is 5.73 Å². The van der Waals surface area contributed by atoms with E-state index in [4.69, 9.17) is 5.73 Å². The smallest absolute Gasteiger partial charge is 0.254 e. The Kier molecular flexibility index (Phi) is 4.07. The first-order chi connectivity index (χ1) is 8.26. The van der Waals surface area contributed by atoms with Crippen molar-refractivity contribution in [2.45, 2.75) is 11.3 Å². The van der Waals surface area contributed by atoms with Crippen LogP contribution in [0.3, 0.4) is 0 Å². The Morgan fingerprint density at radius 3 is 2.94 bits per heavy atom. The summed E-state index contributed by atoms with van der Waals surface area (Å²) in [6.45, 7) is 2.31. The number of benzene rings is 1. The van der Waals surface area contributed by atoms with Gasteiger partial charge in [-0.2, -0.15) is 0 Å². The zero-order valence-corrected chi connectivity index (χ0v) is 10.9. The van der Waals surface area contributed by atoms with E-state index in [0.29, 0.717) is 12.5 Å². The Hall–Kier alpha value is -1.00. The molecule has 1 fully saturated rings. The molecular weight excluding hydrogens is 232 g/mol. The minimum Gasteiger partial charge on any atom is -0.338 e. The van der Waals surface area contributed by atoms with Crippen molar-refractivity contribution in [2.75, 3.05) is 25.9 Å². The first-order valence-electron chi connectivity index (χ1n) is 5.88. The second kappa shape index (κ2) is 5.56. The normalized spacial score (nSPS) is 19.6. The van der Waals surface area contributed by atoms with Crippen molar-refractivity contribution in [3.63, 3.8) is 0 Å². The van der Waals surface area contributed by atoms with Crippen LogP contribution in [0.4, 0.5) is 0 Å². The van der Waals surface area contributed by atoms with Crippen LogP contribution in [0.1, 0.15) is 16.8 Å². The lowest BCUT2D eigenvalue weighted by molar-refractivity contribution is 0.0784. The molecule has 92 valence electrons. The summed E-state index contributed by atoms with van der Waals surface area (Å²) in [5.41, 5.74) is 6.47. The number of rotatable bonds is 3. The monoisotopic (exact) mass is 250 g/mol. The summed E-state index contributed by atoms with van der Waals surface area (Å²) in [5.74, 6) is 0.617. The van der Waals surface area contributed by atoms with Crippen molar-refractivity contribution in [3.05, 3.63) is 29.8 Å². The number of amides is 1. The average molecular weight is 250 g/mol. The topological polar surface area (TPSA) is 46.3 Å². The van der Waals surface area contributed by atoms with Crippen molar-refractivity contribution in [1.82, 2.24) is 4.90 Å². The summed E-state index contributed by atoms with van der Waals surface area (Å²) in [7, 11) is 0. The number of nitrogens with zero attached hydrogens (tertiary/aromatic N) is 1. The van der Waals surface area contributed by atoms with Crippen molar-refractivity contribution in [3.8, 4) is 0 Å². The Bertz CT molecular complexity index is 408. The van der Waals surface area contributed by atoms with Crippen molar-refractivity contribution in [2.24, 2.45) is 11.7 Å². The zero-order valence-electron chi connectivity index (χ0n) is 10.1. The number of likely N-dealkylation sites (tertiary alicyclic amines) is 1. The predicted octanol–water partition coefficient (Wildman–Crippen LogP) is 1.83. The third-order valence-corrected chi connectivity index (χ3v) is 4.04. The molecule has 3 nitrogen and oxygen atoms in total. The summed E-state index contributed by atoms with van der Waals surface area (Å²) in [6.07, 6.45) is 3.03. The molecule has 0 aliphatic carbocycles. The van der Waals surface area contributed by atoms with Gasteiger partial charge in [0, 0.05) is 18.0 Å². The highest BCUT2D eigenvalue weighted by molar-refractivity contribution is 7.98. The molecule has 1 saturated heterocycles. The van der Waals surface area contributed by atoms with Crippen LogP contribution in [0.2, 0.25) is 0 Å². The first-order valence-corrected chi connectivity index (χ1v) is 7.11. The molecule has 1 aliphatic rings. The highest BCUT2D eigenvalue weighted by atomic mass is 32.2. The summed E-state index contributed by atoms with van der Waals surface area (Å²) in [6, 6.07) is 7.79. The van der Waals surface area contributed by atoms with Gasteiger partial charge in [-0.3, -0.25) is 4.79 Å². The lowest BCUT2D eigenvalue weighted by atomic mass is 10.1. The van der Waals surface area contributed by atoms with E-state index in [2.05, 4.69) is 0 Å². The molecule has 17 heavy (non-hydrogen) atoms. The number of carbonyl (C=O) groups excluding carboxylic acids is 1. The zero-order chi connectivity index (χ0) is 12.3. The predicted molar refractivity (Wildman–Crippen MR) is 71.3 cm³/mol. The summed E-state index contributed by atoms with van der Waals surface area (Å²) >= 11 is 1.62. The van der Waals surface area contributed by atoms with E-state index in [1.165, 1.54) is 0 Å². The van der Waals surface area contributed by atoms with E-state index >= 15 is 0 Å². The first kappa shape index (κ1) is 12.5. The Morgan fingerprint density at radius 2 is 2.29 bits per heavy atom. The van der Waals surface area contributed by atoms with Crippen LogP contribution >= 0.6 is 11.8 Å². The van der Waals surface area contributed by atoms with Crippen LogP contribution in [0.15, 0.2) is 29.2 Å². The van der Waals surface area contributed by atoms with Crippen molar-refractivity contribution in [1.29, 1.82) is 0 Å². The third kappa shape index (κ3) is 2.64. The van der Waals surface area contributed by atoms with E-state index in [-0.39, 0.29) is 5.91 Å². The van der Waals surface area contributed by atoms with Gasteiger partial charge in [0.05, 0.1) is 5.56 Å². The molecule has 1 aromatic carbocycles. The Labute approximate surface area is 106 Å². The summed E-state index contributed by atoms with van der Waals surface area (Å²) < 4.78 is 0. The van der Waals surface area contributed by atoms with Crippen molar-refractivity contribution >= 4 is 17.7 Å². The van der Waals surface area contributed by atoms with Crippen LogP contribution in [0.5, 0.6) is 0 Å². The summed E-state index contributed by atoms with van der Waals surface area (Å²) in [5, 5.41) is 0. The van der Waals surface area contributed by atoms with Gasteiger partial charge < -0.3 is 10.6 Å². The number of hydrogen-bond acceptors (Lipinski definition) is 3. The van der Waals surface area contributed by atoms with Crippen LogP contribution in [-0.2, 0) is 0 Å². The molecule has 0 radical (unpaired) electrons. The Balaban J connectivity index is 2.15. The number of hydrogen-bond donors (Lipinski definition) is 1. The Morgan fingerprint density at radius 1 is 1.53 bits per heavy atom. The fourth-order valence-corrected chi connectivity index (χ4v) is 2.79. The van der Waals surface area contributed by atoms with E-state index in [1.807, 2.05) is 35.4 Å². The molecule has 0 bridgehead atoms. The SMILES string of the molecule is CSc1ccccc1C(=O)N1CCC(CN)C1. The maximum Gasteiger partial charge on any atom is 0.254 e. The molecule has 1 atom stereocenters. The number of nitrogens with two attached hydrogens (primary N) is 1. The fourth-order valence-electron chi connectivity index (χ4n) is 2.20. The van der Waals surface area contributed by atoms with Gasteiger partial charge in [0.1, 0.15) is 0 Å². The average Bonchev–Trinajstić information content (AvgIpc) is 2.86. The fraction of sp³-hybridized carbons (Fsp3) is 0.462. The van der Waals surface area contributed by atoms with E-state index in [1.54, 1.807) is 11.8 Å². The molecule has 1 aliphatic heterocycles. The maximum atomic E-state index is 12.4. The maximum absolute atomic E-state index is 12.4. The highest BCUT2D eigenvalue weighted by Gasteiger charge is 2.26. The standard InChI is InChI=1S/C13H18N2OS/c1-17-12-5-3-2-4-11(12)13(16)15-7-6-10(8-14)9-15/h2-5,10H,6-9,14H2,1H3. The van der Waals surface area contributed by atoms with Gasteiger partial charge in [-0.25, -0.2) is 0 Å². The molecular formula is C13H18N2OS. The molecule has 1 unspecified atom stereocenters. The van der Waals surface area contributed by atoms with E-state index in [0.717, 1.165) is 30.0 Å². The second-order valence-corrected chi connectivity index (χ2v) is 5.19. The molecule has 2 N–H and O–H groups in total. The molecule has 1 amide bonds. The van der Waals surface area contributed by atoms with Crippen LogP contribution in [0.25, 0.3) is 0 Å². The van der Waals surface area contributed by atoms with Gasteiger partial charge in [0.15, 0.2) is 0 Å². The van der Waals surface area contributed by atoms with Crippen LogP contribution in [0, 0.1) is 5.92 Å². The van der Waals surface area contributed by atoms with Gasteiger partial charge >= 0.3 is 0 Å². The second-order valence-electron chi connectivity index (χ2n) is 4.34. The highest BCUT2D eigenvalue weighted by Crippen LogP contribution is 2.24. The van der Waals surface area contributed by atoms with Gasteiger partial charge in [0.2, 0.25) is 0 Å². The number of thioether (sulfide) groups is 1. The summed E-state index contributed by atoms with van der Waals surface area (Å²) in [4.78, 5) is 15.3. The third-order valence-electron chi connectivity index (χ3n) is 3.24. The molecule has 0 aromatic heterocycles. The van der Waals surface area contributed by atoms with E-state index in [9.17, 15) is 4.79 Å². The molecule has 1 aromatic rings. The minimum absolute atomic E-state index is 0.144. The molecule has 2 rings (SSSR count). The van der Waals surface area contributed by atoms with Crippen LogP contribution in [-0.4, -0.2) is 36.7 Å². The lowest BCUT2D eigenvalue weighted by Crippen LogP contribution is -2.30. The lowest BCUT2D eigenvalue weighted by Gasteiger charge is -2.17. The van der Waals surface area contributed by atoms with Crippen molar-refractivity contribution < 1.29 is 4.79 Å². The molecule has 4 heteroatoms. The largest absolute Gasteiger partial charge is 0.338 e. The van der Waals surface area contributed by atoms with Gasteiger partial charge in [-0.15, -0.1) is 11.8 Å². The number of carbonyl (C=O) groups is 1. The van der Waals surface area contributed by atoms with Gasteiger partial charge in [-0.1, -0.05) is 12.1 Å². The molecule has 1 heterocycles. The minimum atomic E-state index is 0.144. The quantitative estimate of drug-likeness (QED) is 0.833.